The molecule has 4 aliphatic rings. The molecule has 5 atom stereocenters. The van der Waals surface area contributed by atoms with E-state index < -0.39 is 5.97 Å². The Labute approximate surface area is 157 Å². The molecule has 0 radical (unpaired) electrons. The summed E-state index contributed by atoms with van der Waals surface area (Å²) in [5, 5.41) is 13.4. The van der Waals surface area contributed by atoms with Crippen LogP contribution in [-0.2, 0) is 0 Å². The molecule has 2 heterocycles. The van der Waals surface area contributed by atoms with E-state index in [0.29, 0.717) is 29.2 Å². The van der Waals surface area contributed by atoms with Gasteiger partial charge in [-0.1, -0.05) is 18.2 Å². The zero-order valence-corrected chi connectivity index (χ0v) is 14.9. The van der Waals surface area contributed by atoms with Crippen molar-refractivity contribution in [2.24, 2.45) is 17.8 Å². The maximum atomic E-state index is 11.8. The second-order valence-electron chi connectivity index (χ2n) is 8.25. The molecule has 0 spiro atoms. The van der Waals surface area contributed by atoms with Crippen molar-refractivity contribution in [2.75, 3.05) is 12.1 Å². The van der Waals surface area contributed by atoms with Crippen molar-refractivity contribution >= 4 is 11.7 Å². The van der Waals surface area contributed by atoms with Crippen molar-refractivity contribution in [3.8, 4) is 11.5 Å². The number of aromatic carboxylic acids is 1. The maximum Gasteiger partial charge on any atom is 0.337 e. The molecule has 27 heavy (non-hydrogen) atoms. The van der Waals surface area contributed by atoms with E-state index in [1.807, 2.05) is 12.1 Å². The average Bonchev–Trinajstić information content (AvgIpc) is 3.42. The van der Waals surface area contributed by atoms with Crippen molar-refractivity contribution in [3.05, 3.63) is 53.1 Å². The number of anilines is 1. The number of rotatable bonds is 2. The van der Waals surface area contributed by atoms with Crippen LogP contribution in [0.15, 0.2) is 36.4 Å². The molecule has 138 valence electrons. The largest absolute Gasteiger partial charge is 0.478 e. The Morgan fingerprint density at radius 1 is 1.07 bits per heavy atom. The van der Waals surface area contributed by atoms with Crippen molar-refractivity contribution in [1.29, 1.82) is 0 Å². The number of carboxylic acids is 1. The zero-order chi connectivity index (χ0) is 18.1. The summed E-state index contributed by atoms with van der Waals surface area (Å²) in [5.41, 5.74) is 3.54. The van der Waals surface area contributed by atoms with Gasteiger partial charge in [0.15, 0.2) is 11.5 Å². The van der Waals surface area contributed by atoms with Crippen molar-refractivity contribution < 1.29 is 19.4 Å². The summed E-state index contributed by atoms with van der Waals surface area (Å²) in [7, 11) is 0. The lowest BCUT2D eigenvalue weighted by Gasteiger charge is -2.44. The van der Waals surface area contributed by atoms with Gasteiger partial charge in [0.1, 0.15) is 0 Å². The topological polar surface area (TPSA) is 67.8 Å². The van der Waals surface area contributed by atoms with Crippen LogP contribution in [-0.4, -0.2) is 17.9 Å². The highest BCUT2D eigenvalue weighted by Gasteiger charge is 2.54. The van der Waals surface area contributed by atoms with E-state index in [2.05, 4.69) is 23.5 Å². The molecule has 2 aliphatic heterocycles. The van der Waals surface area contributed by atoms with Gasteiger partial charge >= 0.3 is 5.97 Å². The highest BCUT2D eigenvalue weighted by atomic mass is 16.7. The smallest absolute Gasteiger partial charge is 0.337 e. The first-order chi connectivity index (χ1) is 13.2. The summed E-state index contributed by atoms with van der Waals surface area (Å²) in [4.78, 5) is 11.8. The fourth-order valence-electron chi connectivity index (χ4n) is 6.13. The van der Waals surface area contributed by atoms with Gasteiger partial charge in [0.25, 0.3) is 0 Å². The van der Waals surface area contributed by atoms with Crippen molar-refractivity contribution in [1.82, 2.24) is 0 Å². The number of para-hydroxylation sites is 1. The Balaban J connectivity index is 1.51. The molecular formula is C22H21NO4. The fraction of sp³-hybridized carbons (Fsp3) is 0.409. The van der Waals surface area contributed by atoms with Crippen LogP contribution in [0.1, 0.15) is 52.7 Å². The number of ether oxygens (including phenoxy) is 2. The Hall–Kier alpha value is -2.69. The Kier molecular flexibility index (Phi) is 3.08. The minimum absolute atomic E-state index is 0.104. The first kappa shape index (κ1) is 15.4. The van der Waals surface area contributed by atoms with Gasteiger partial charge in [0.05, 0.1) is 17.3 Å². The summed E-state index contributed by atoms with van der Waals surface area (Å²) >= 11 is 0. The molecule has 5 heteroatoms. The van der Waals surface area contributed by atoms with Gasteiger partial charge in [-0.15, -0.1) is 0 Å². The monoisotopic (exact) mass is 363 g/mol. The fourth-order valence-corrected chi connectivity index (χ4v) is 6.13. The number of carbonyl (C=O) groups is 1. The van der Waals surface area contributed by atoms with Crippen LogP contribution < -0.4 is 14.8 Å². The van der Waals surface area contributed by atoms with Crippen molar-refractivity contribution in [2.45, 2.75) is 31.2 Å². The molecule has 0 unspecified atom stereocenters. The lowest BCUT2D eigenvalue weighted by molar-refractivity contribution is 0.0697. The summed E-state index contributed by atoms with van der Waals surface area (Å²) < 4.78 is 11.1. The Morgan fingerprint density at radius 3 is 2.81 bits per heavy atom. The number of hydrogen-bond donors (Lipinski definition) is 2. The lowest BCUT2D eigenvalue weighted by atomic mass is 9.67. The molecule has 0 aromatic heterocycles. The van der Waals surface area contributed by atoms with Gasteiger partial charge in [-0.05, 0) is 72.3 Å². The highest BCUT2D eigenvalue weighted by molar-refractivity contribution is 5.95. The second kappa shape index (κ2) is 5.41. The van der Waals surface area contributed by atoms with E-state index in [0.717, 1.165) is 22.7 Å². The van der Waals surface area contributed by atoms with Crippen LogP contribution in [0.3, 0.4) is 0 Å². The molecule has 2 N–H and O–H groups in total. The van der Waals surface area contributed by atoms with Crippen LogP contribution >= 0.6 is 0 Å². The molecule has 2 aliphatic carbocycles. The molecule has 5 nitrogen and oxygen atoms in total. The SMILES string of the molecule is O=C(O)c1cccc2c1N[C@H](c1ccc3c(c1)OCO3)[C@@H]1[C@@H]3CC[C@@H](C3)[C@@H]21. The molecule has 6 rings (SSSR count). The third-order valence-electron chi connectivity index (χ3n) is 7.11. The zero-order valence-electron chi connectivity index (χ0n) is 14.9. The van der Waals surface area contributed by atoms with Crippen LogP contribution in [0.2, 0.25) is 0 Å². The predicted molar refractivity (Wildman–Crippen MR) is 99.4 cm³/mol. The Bertz CT molecular complexity index is 955. The molecule has 0 amide bonds. The van der Waals surface area contributed by atoms with E-state index in [1.165, 1.54) is 24.8 Å². The summed E-state index contributed by atoms with van der Waals surface area (Å²) in [6, 6.07) is 12.0. The standard InChI is InChI=1S/C22H21NO4/c24-22(25)15-3-1-2-14-18-11-4-5-12(8-11)19(18)20(23-21(14)15)13-6-7-16-17(9-13)27-10-26-16/h1-3,6-7,9,11-12,18-20,23H,4-5,8,10H2,(H,24,25)/t11-,12+,18-,19+,20+/m0/s1. The summed E-state index contributed by atoms with van der Waals surface area (Å²) in [6.45, 7) is 0.264. The van der Waals surface area contributed by atoms with Gasteiger partial charge < -0.3 is 19.9 Å². The molecule has 2 aromatic rings. The van der Waals surface area contributed by atoms with Crippen LogP contribution in [0, 0.1) is 17.8 Å². The maximum absolute atomic E-state index is 11.8. The van der Waals surface area contributed by atoms with E-state index in [9.17, 15) is 9.90 Å². The Morgan fingerprint density at radius 2 is 1.93 bits per heavy atom. The number of fused-ring (bicyclic) bond motifs is 8. The highest BCUT2D eigenvalue weighted by Crippen LogP contribution is 2.64. The van der Waals surface area contributed by atoms with Gasteiger partial charge in [0, 0.05) is 0 Å². The second-order valence-corrected chi connectivity index (χ2v) is 8.25. The first-order valence-electron chi connectivity index (χ1n) is 9.73. The number of carboxylic acid groups (broad SMARTS) is 1. The summed E-state index contributed by atoms with van der Waals surface area (Å²) in [6.07, 6.45) is 3.80. The quantitative estimate of drug-likeness (QED) is 0.827. The van der Waals surface area contributed by atoms with E-state index in [-0.39, 0.29) is 12.8 Å². The minimum atomic E-state index is -0.870. The van der Waals surface area contributed by atoms with Gasteiger partial charge in [0.2, 0.25) is 6.79 Å². The van der Waals surface area contributed by atoms with Gasteiger partial charge in [-0.25, -0.2) is 4.79 Å². The summed E-state index contributed by atoms with van der Waals surface area (Å²) in [5.74, 6) is 3.00. The van der Waals surface area contributed by atoms with Crippen LogP contribution in [0.4, 0.5) is 5.69 Å². The van der Waals surface area contributed by atoms with Crippen molar-refractivity contribution in [3.63, 3.8) is 0 Å². The molecular weight excluding hydrogens is 342 g/mol. The molecule has 0 saturated heterocycles. The molecule has 2 aromatic carbocycles. The lowest BCUT2D eigenvalue weighted by Crippen LogP contribution is -2.36. The number of hydrogen-bond acceptors (Lipinski definition) is 4. The van der Waals surface area contributed by atoms with Crippen LogP contribution in [0.25, 0.3) is 0 Å². The molecule has 2 bridgehead atoms. The average molecular weight is 363 g/mol. The van der Waals surface area contributed by atoms with E-state index in [4.69, 9.17) is 9.47 Å². The third kappa shape index (κ3) is 2.08. The van der Waals surface area contributed by atoms with Gasteiger partial charge in [-0.2, -0.15) is 0 Å². The minimum Gasteiger partial charge on any atom is -0.478 e. The number of nitrogens with one attached hydrogen (secondary N) is 1. The first-order valence-corrected chi connectivity index (χ1v) is 9.73. The van der Waals surface area contributed by atoms with E-state index in [1.54, 1.807) is 6.07 Å². The van der Waals surface area contributed by atoms with Gasteiger partial charge in [-0.3, -0.25) is 0 Å². The number of benzene rings is 2. The normalized spacial score (nSPS) is 31.9. The molecule has 2 fully saturated rings. The molecule has 2 saturated carbocycles. The van der Waals surface area contributed by atoms with E-state index >= 15 is 0 Å². The third-order valence-corrected chi connectivity index (χ3v) is 7.11. The predicted octanol–water partition coefficient (Wildman–Crippen LogP) is 4.41. The van der Waals surface area contributed by atoms with Crippen LogP contribution in [0.5, 0.6) is 11.5 Å².